The van der Waals surface area contributed by atoms with Crippen molar-refractivity contribution in [1.82, 2.24) is 14.7 Å². The van der Waals surface area contributed by atoms with Gasteiger partial charge in [-0.2, -0.15) is 5.10 Å². The van der Waals surface area contributed by atoms with E-state index < -0.39 is 0 Å². The Morgan fingerprint density at radius 3 is 2.74 bits per heavy atom. The zero-order valence-electron chi connectivity index (χ0n) is 12.1. The third-order valence-corrected chi connectivity index (χ3v) is 3.25. The summed E-state index contributed by atoms with van der Waals surface area (Å²) >= 11 is 0. The molecule has 1 aromatic carbocycles. The van der Waals surface area contributed by atoms with Crippen LogP contribution in [-0.4, -0.2) is 28.8 Å². The summed E-state index contributed by atoms with van der Waals surface area (Å²) in [7, 11) is 6.13. The lowest BCUT2D eigenvalue weighted by atomic mass is 10.2. The molecule has 0 aliphatic heterocycles. The normalized spacial score (nSPS) is 11.0. The minimum atomic E-state index is 0.811. The number of anilines is 1. The molecule has 0 fully saturated rings. The number of nitrogens with one attached hydrogen (secondary N) is 1. The first-order valence-corrected chi connectivity index (χ1v) is 6.51. The number of rotatable bonds is 5. The summed E-state index contributed by atoms with van der Waals surface area (Å²) in [6, 6.07) is 8.55. The molecule has 102 valence electrons. The Morgan fingerprint density at radius 1 is 1.32 bits per heavy atom. The van der Waals surface area contributed by atoms with Gasteiger partial charge in [0.1, 0.15) is 0 Å². The SMILES string of the molecule is Cc1c(CNc2cccc(CN(C)C)c2)cnn1C. The Labute approximate surface area is 115 Å². The number of nitrogens with zero attached hydrogens (tertiary/aromatic N) is 3. The van der Waals surface area contributed by atoms with E-state index in [1.807, 2.05) is 17.9 Å². The van der Waals surface area contributed by atoms with Crippen molar-refractivity contribution in [2.45, 2.75) is 20.0 Å². The van der Waals surface area contributed by atoms with Gasteiger partial charge in [0.2, 0.25) is 0 Å². The van der Waals surface area contributed by atoms with E-state index >= 15 is 0 Å². The molecule has 0 aliphatic rings. The van der Waals surface area contributed by atoms with E-state index in [9.17, 15) is 0 Å². The van der Waals surface area contributed by atoms with Gasteiger partial charge in [-0.15, -0.1) is 0 Å². The second-order valence-electron chi connectivity index (χ2n) is 5.17. The van der Waals surface area contributed by atoms with Crippen molar-refractivity contribution < 1.29 is 0 Å². The summed E-state index contributed by atoms with van der Waals surface area (Å²) in [5.74, 6) is 0. The van der Waals surface area contributed by atoms with Gasteiger partial charge in [-0.05, 0) is 38.7 Å². The monoisotopic (exact) mass is 258 g/mol. The fraction of sp³-hybridized carbons (Fsp3) is 0.400. The molecule has 4 heteroatoms. The molecule has 0 atom stereocenters. The van der Waals surface area contributed by atoms with Gasteiger partial charge in [0, 0.05) is 37.1 Å². The minimum Gasteiger partial charge on any atom is -0.381 e. The van der Waals surface area contributed by atoms with Crippen LogP contribution < -0.4 is 5.32 Å². The van der Waals surface area contributed by atoms with Crippen LogP contribution in [0, 0.1) is 6.92 Å². The molecule has 0 amide bonds. The maximum Gasteiger partial charge on any atom is 0.0542 e. The fourth-order valence-electron chi connectivity index (χ4n) is 2.06. The van der Waals surface area contributed by atoms with Gasteiger partial charge in [0.25, 0.3) is 0 Å². The predicted octanol–water partition coefficient (Wildman–Crippen LogP) is 2.40. The second kappa shape index (κ2) is 5.89. The largest absolute Gasteiger partial charge is 0.381 e. The number of aromatic nitrogens is 2. The Kier molecular flexibility index (Phi) is 4.22. The van der Waals surface area contributed by atoms with E-state index in [2.05, 4.69) is 60.6 Å². The fourth-order valence-corrected chi connectivity index (χ4v) is 2.06. The maximum atomic E-state index is 4.26. The van der Waals surface area contributed by atoms with Crippen LogP contribution >= 0.6 is 0 Å². The highest BCUT2D eigenvalue weighted by Gasteiger charge is 2.03. The van der Waals surface area contributed by atoms with Crippen LogP contribution in [0.4, 0.5) is 5.69 Å². The summed E-state index contributed by atoms with van der Waals surface area (Å²) < 4.78 is 1.90. The number of hydrogen-bond donors (Lipinski definition) is 1. The quantitative estimate of drug-likeness (QED) is 0.894. The average molecular weight is 258 g/mol. The van der Waals surface area contributed by atoms with Crippen LogP contribution in [0.5, 0.6) is 0 Å². The molecule has 0 radical (unpaired) electrons. The lowest BCUT2D eigenvalue weighted by Crippen LogP contribution is -2.10. The van der Waals surface area contributed by atoms with Gasteiger partial charge in [-0.25, -0.2) is 0 Å². The van der Waals surface area contributed by atoms with Crippen molar-refractivity contribution in [1.29, 1.82) is 0 Å². The zero-order chi connectivity index (χ0) is 13.8. The van der Waals surface area contributed by atoms with E-state index in [-0.39, 0.29) is 0 Å². The highest BCUT2D eigenvalue weighted by Crippen LogP contribution is 2.14. The van der Waals surface area contributed by atoms with Crippen LogP contribution in [-0.2, 0) is 20.1 Å². The zero-order valence-corrected chi connectivity index (χ0v) is 12.1. The highest BCUT2D eigenvalue weighted by molar-refractivity contribution is 5.46. The van der Waals surface area contributed by atoms with Gasteiger partial charge < -0.3 is 10.2 Å². The standard InChI is InChI=1S/C15H22N4/c1-12-14(10-17-19(12)4)9-16-15-7-5-6-13(8-15)11-18(2)3/h5-8,10,16H,9,11H2,1-4H3. The Bertz CT molecular complexity index is 543. The Balaban J connectivity index is 2.01. The molecule has 0 bridgehead atoms. The molecule has 19 heavy (non-hydrogen) atoms. The van der Waals surface area contributed by atoms with E-state index in [4.69, 9.17) is 0 Å². The first kappa shape index (κ1) is 13.6. The van der Waals surface area contributed by atoms with Crippen LogP contribution in [0.25, 0.3) is 0 Å². The van der Waals surface area contributed by atoms with Crippen molar-refractivity contribution in [3.63, 3.8) is 0 Å². The topological polar surface area (TPSA) is 33.1 Å². The van der Waals surface area contributed by atoms with Gasteiger partial charge in [-0.3, -0.25) is 4.68 Å². The van der Waals surface area contributed by atoms with Crippen molar-refractivity contribution >= 4 is 5.69 Å². The average Bonchev–Trinajstić information content (AvgIpc) is 2.67. The lowest BCUT2D eigenvalue weighted by Gasteiger charge is -2.12. The highest BCUT2D eigenvalue weighted by atomic mass is 15.3. The molecule has 4 nitrogen and oxygen atoms in total. The molecular formula is C15H22N4. The van der Waals surface area contributed by atoms with Gasteiger partial charge in [0.05, 0.1) is 6.20 Å². The molecule has 0 unspecified atom stereocenters. The van der Waals surface area contributed by atoms with Crippen LogP contribution in [0.2, 0.25) is 0 Å². The maximum absolute atomic E-state index is 4.26. The van der Waals surface area contributed by atoms with E-state index in [1.165, 1.54) is 16.8 Å². The Hall–Kier alpha value is -1.81. The predicted molar refractivity (Wildman–Crippen MR) is 79.1 cm³/mol. The van der Waals surface area contributed by atoms with Crippen LogP contribution in [0.1, 0.15) is 16.8 Å². The molecular weight excluding hydrogens is 236 g/mol. The molecule has 0 aliphatic carbocycles. The first-order chi connectivity index (χ1) is 9.06. The lowest BCUT2D eigenvalue weighted by molar-refractivity contribution is 0.402. The summed E-state index contributed by atoms with van der Waals surface area (Å²) in [6.45, 7) is 3.86. The molecule has 2 rings (SSSR count). The molecule has 0 saturated carbocycles. The van der Waals surface area contributed by atoms with Crippen molar-refractivity contribution in [2.75, 3.05) is 19.4 Å². The molecule has 1 N–H and O–H groups in total. The van der Waals surface area contributed by atoms with Crippen molar-refractivity contribution in [3.8, 4) is 0 Å². The third-order valence-electron chi connectivity index (χ3n) is 3.25. The van der Waals surface area contributed by atoms with Gasteiger partial charge >= 0.3 is 0 Å². The second-order valence-corrected chi connectivity index (χ2v) is 5.17. The summed E-state index contributed by atoms with van der Waals surface area (Å²) in [5, 5.41) is 7.71. The van der Waals surface area contributed by atoms with Crippen LogP contribution in [0.3, 0.4) is 0 Å². The molecule has 0 spiro atoms. The Morgan fingerprint density at radius 2 is 2.11 bits per heavy atom. The summed E-state index contributed by atoms with van der Waals surface area (Å²) in [5.41, 5.74) is 4.91. The molecule has 1 heterocycles. The molecule has 1 aromatic heterocycles. The van der Waals surface area contributed by atoms with Crippen molar-refractivity contribution in [2.24, 2.45) is 7.05 Å². The molecule has 0 saturated heterocycles. The summed E-state index contributed by atoms with van der Waals surface area (Å²) in [6.07, 6.45) is 1.92. The number of benzene rings is 1. The van der Waals surface area contributed by atoms with Crippen LogP contribution in [0.15, 0.2) is 30.5 Å². The van der Waals surface area contributed by atoms with E-state index in [0.717, 1.165) is 18.8 Å². The van der Waals surface area contributed by atoms with Crippen molar-refractivity contribution in [3.05, 3.63) is 47.3 Å². The van der Waals surface area contributed by atoms with E-state index in [1.54, 1.807) is 0 Å². The minimum absolute atomic E-state index is 0.811. The molecule has 2 aromatic rings. The smallest absolute Gasteiger partial charge is 0.0542 e. The van der Waals surface area contributed by atoms with E-state index in [0.29, 0.717) is 0 Å². The van der Waals surface area contributed by atoms with Gasteiger partial charge in [-0.1, -0.05) is 12.1 Å². The summed E-state index contributed by atoms with van der Waals surface area (Å²) in [4.78, 5) is 2.17. The first-order valence-electron chi connectivity index (χ1n) is 6.51. The van der Waals surface area contributed by atoms with Gasteiger partial charge in [0.15, 0.2) is 0 Å². The third kappa shape index (κ3) is 3.58. The number of hydrogen-bond acceptors (Lipinski definition) is 3. The number of aryl methyl sites for hydroxylation is 1.